The number of rotatable bonds is 4. The van der Waals surface area contributed by atoms with Crippen molar-refractivity contribution in [2.24, 2.45) is 4.99 Å². The van der Waals surface area contributed by atoms with E-state index >= 15 is 0 Å². The molecule has 0 unspecified atom stereocenters. The van der Waals surface area contributed by atoms with Gasteiger partial charge in [0.2, 0.25) is 0 Å². The summed E-state index contributed by atoms with van der Waals surface area (Å²) in [6, 6.07) is 9.79. The third-order valence-corrected chi connectivity index (χ3v) is 6.28. The van der Waals surface area contributed by atoms with Gasteiger partial charge in [-0.2, -0.15) is 0 Å². The lowest BCUT2D eigenvalue weighted by molar-refractivity contribution is 0.306. The number of ether oxygens (including phenoxy) is 1. The molecular weight excluding hydrogens is 414 g/mol. The van der Waals surface area contributed by atoms with E-state index in [1.54, 1.807) is 0 Å². The minimum Gasteiger partial charge on any atom is -0.503 e. The maximum atomic E-state index is 10.3. The second-order valence-electron chi connectivity index (χ2n) is 6.42. The van der Waals surface area contributed by atoms with Gasteiger partial charge >= 0.3 is 0 Å². The number of aromatic hydroxyl groups is 1. The van der Waals surface area contributed by atoms with Crippen LogP contribution in [0.2, 0.25) is 0 Å². The number of hydrogen-bond acceptors (Lipinski definition) is 6. The number of nitrogens with zero attached hydrogens (tertiary/aromatic N) is 3. The van der Waals surface area contributed by atoms with E-state index in [9.17, 15) is 5.11 Å². The van der Waals surface area contributed by atoms with Gasteiger partial charge in [0.05, 0.1) is 22.8 Å². The fraction of sp³-hybridized carbons (Fsp3) is 0.368. The van der Waals surface area contributed by atoms with E-state index in [0.29, 0.717) is 22.1 Å². The van der Waals surface area contributed by atoms with Crippen molar-refractivity contribution < 1.29 is 9.84 Å². The molecule has 2 aliphatic rings. The molecule has 0 radical (unpaired) electrons. The first-order valence-corrected chi connectivity index (χ1v) is 10.3. The first kappa shape index (κ1) is 17.7. The highest BCUT2D eigenvalue weighted by atomic mass is 79.9. The molecule has 4 rings (SSSR count). The summed E-state index contributed by atoms with van der Waals surface area (Å²) in [5.41, 5.74) is 2.01. The summed E-state index contributed by atoms with van der Waals surface area (Å²) >= 11 is 5.28. The highest BCUT2D eigenvalue weighted by molar-refractivity contribution is 9.10. The summed E-state index contributed by atoms with van der Waals surface area (Å²) in [6.07, 6.45) is 1.81. The molecule has 136 valence electrons. The number of hydrogen-bond donors (Lipinski definition) is 1. The Bertz CT molecular complexity index is 846. The Morgan fingerprint density at radius 3 is 2.96 bits per heavy atom. The van der Waals surface area contributed by atoms with E-state index in [4.69, 9.17) is 9.73 Å². The van der Waals surface area contributed by atoms with Crippen molar-refractivity contribution >= 4 is 32.9 Å². The molecule has 1 aromatic heterocycles. The van der Waals surface area contributed by atoms with Crippen LogP contribution in [0.3, 0.4) is 0 Å². The zero-order valence-corrected chi connectivity index (χ0v) is 17.0. The van der Waals surface area contributed by atoms with Crippen LogP contribution in [0.4, 0.5) is 0 Å². The molecule has 26 heavy (non-hydrogen) atoms. The molecule has 0 bridgehead atoms. The molecule has 2 aromatic rings. The Hall–Kier alpha value is -1.73. The zero-order valence-electron chi connectivity index (χ0n) is 14.6. The molecule has 1 aromatic carbocycles. The number of aromatic nitrogens is 1. The molecular formula is C19H20BrN3O2S. The second kappa shape index (κ2) is 7.12. The fourth-order valence-corrected chi connectivity index (χ4v) is 5.06. The molecule has 1 fully saturated rings. The molecule has 2 aliphatic heterocycles. The highest BCUT2D eigenvalue weighted by Gasteiger charge is 2.43. The first-order chi connectivity index (χ1) is 12.6. The van der Waals surface area contributed by atoms with Crippen LogP contribution in [0.5, 0.6) is 11.5 Å². The number of thioether (sulfide) groups is 1. The maximum Gasteiger partial charge on any atom is 0.172 e. The van der Waals surface area contributed by atoms with Crippen LogP contribution < -0.4 is 4.74 Å². The number of fused-ring (bicyclic) bond motifs is 1. The Kier molecular flexibility index (Phi) is 4.84. The first-order valence-electron chi connectivity index (χ1n) is 8.65. The summed E-state index contributed by atoms with van der Waals surface area (Å²) in [7, 11) is 0. The van der Waals surface area contributed by atoms with Crippen molar-refractivity contribution in [2.45, 2.75) is 31.2 Å². The van der Waals surface area contributed by atoms with Crippen LogP contribution in [0.15, 0.2) is 46.0 Å². The average Bonchev–Trinajstić information content (AvgIpc) is 3.15. The monoisotopic (exact) mass is 433 g/mol. The Morgan fingerprint density at radius 2 is 2.23 bits per heavy atom. The van der Waals surface area contributed by atoms with Crippen molar-refractivity contribution in [1.82, 2.24) is 9.88 Å². The second-order valence-corrected chi connectivity index (χ2v) is 8.68. The molecule has 0 amide bonds. The molecule has 5 nitrogen and oxygen atoms in total. The van der Waals surface area contributed by atoms with Gasteiger partial charge in [0.25, 0.3) is 0 Å². The maximum absolute atomic E-state index is 10.3. The van der Waals surface area contributed by atoms with Gasteiger partial charge in [-0.1, -0.05) is 24.8 Å². The zero-order chi connectivity index (χ0) is 18.3. The Labute approximate surface area is 165 Å². The number of halogens is 1. The smallest absolute Gasteiger partial charge is 0.172 e. The van der Waals surface area contributed by atoms with Crippen LogP contribution in [0, 0.1) is 0 Å². The van der Waals surface area contributed by atoms with Gasteiger partial charge < -0.3 is 14.7 Å². The van der Waals surface area contributed by atoms with Crippen molar-refractivity contribution in [3.8, 4) is 11.5 Å². The molecule has 1 N–H and O–H groups in total. The largest absolute Gasteiger partial charge is 0.503 e. The van der Waals surface area contributed by atoms with E-state index in [1.165, 1.54) is 0 Å². The van der Waals surface area contributed by atoms with E-state index in [1.807, 2.05) is 55.2 Å². The quantitative estimate of drug-likeness (QED) is 0.766. The lowest BCUT2D eigenvalue weighted by Crippen LogP contribution is -2.28. The molecule has 7 heteroatoms. The van der Waals surface area contributed by atoms with E-state index in [0.717, 1.165) is 23.0 Å². The van der Waals surface area contributed by atoms with Gasteiger partial charge in [0.15, 0.2) is 16.7 Å². The summed E-state index contributed by atoms with van der Waals surface area (Å²) < 4.78 is 6.27. The van der Waals surface area contributed by atoms with Crippen molar-refractivity contribution in [1.29, 1.82) is 0 Å². The van der Waals surface area contributed by atoms with Crippen LogP contribution in [-0.4, -0.2) is 38.6 Å². The van der Waals surface area contributed by atoms with Crippen LogP contribution in [0.25, 0.3) is 0 Å². The summed E-state index contributed by atoms with van der Waals surface area (Å²) in [5, 5.41) is 11.9. The lowest BCUT2D eigenvalue weighted by Gasteiger charge is -2.28. The number of phenolic OH excluding ortho intramolecular Hbond substituents is 1. The highest BCUT2D eigenvalue weighted by Crippen LogP contribution is 2.49. The van der Waals surface area contributed by atoms with Crippen LogP contribution in [0.1, 0.15) is 37.2 Å². The Balaban J connectivity index is 1.80. The van der Waals surface area contributed by atoms with Gasteiger partial charge in [-0.25, -0.2) is 0 Å². The summed E-state index contributed by atoms with van der Waals surface area (Å²) in [6.45, 7) is 5.57. The predicted octanol–water partition coefficient (Wildman–Crippen LogP) is 4.54. The molecule has 3 heterocycles. The minimum absolute atomic E-state index is 0.0356. The number of benzene rings is 1. The summed E-state index contributed by atoms with van der Waals surface area (Å²) in [5.74, 6) is 0.623. The van der Waals surface area contributed by atoms with Crippen LogP contribution >= 0.6 is 27.7 Å². The SMILES string of the molecule is CCOc1cc([C@@H]2[C@@H](c3ccccn3)N=C3S[C@H](C)CN32)cc(Br)c1O. The van der Waals surface area contributed by atoms with Crippen molar-refractivity contribution in [3.63, 3.8) is 0 Å². The Morgan fingerprint density at radius 1 is 1.38 bits per heavy atom. The third kappa shape index (κ3) is 3.07. The van der Waals surface area contributed by atoms with Crippen molar-refractivity contribution in [3.05, 3.63) is 52.3 Å². The number of amidine groups is 1. The number of aliphatic imine (C=N–C) groups is 1. The molecule has 0 aliphatic carbocycles. The number of phenols is 1. The molecule has 3 atom stereocenters. The normalized spacial score (nSPS) is 24.5. The average molecular weight is 434 g/mol. The predicted molar refractivity (Wildman–Crippen MR) is 108 cm³/mol. The van der Waals surface area contributed by atoms with E-state index in [2.05, 4.69) is 32.7 Å². The van der Waals surface area contributed by atoms with E-state index < -0.39 is 0 Å². The number of pyridine rings is 1. The lowest BCUT2D eigenvalue weighted by atomic mass is 9.96. The van der Waals surface area contributed by atoms with Gasteiger partial charge in [-0.3, -0.25) is 9.98 Å². The van der Waals surface area contributed by atoms with Gasteiger partial charge in [-0.15, -0.1) is 0 Å². The van der Waals surface area contributed by atoms with Gasteiger partial charge in [-0.05, 0) is 52.7 Å². The van der Waals surface area contributed by atoms with Gasteiger partial charge in [0.1, 0.15) is 6.04 Å². The summed E-state index contributed by atoms with van der Waals surface area (Å²) in [4.78, 5) is 11.9. The topological polar surface area (TPSA) is 58.0 Å². The van der Waals surface area contributed by atoms with Gasteiger partial charge in [0, 0.05) is 18.0 Å². The third-order valence-electron chi connectivity index (χ3n) is 4.57. The van der Waals surface area contributed by atoms with Crippen molar-refractivity contribution in [2.75, 3.05) is 13.2 Å². The minimum atomic E-state index is -0.0721. The molecule has 0 saturated carbocycles. The molecule has 0 spiro atoms. The fourth-order valence-electron chi connectivity index (χ4n) is 3.51. The van der Waals surface area contributed by atoms with Crippen LogP contribution in [-0.2, 0) is 0 Å². The van der Waals surface area contributed by atoms with E-state index in [-0.39, 0.29) is 17.8 Å². The molecule has 1 saturated heterocycles. The standard InChI is InChI=1S/C19H20BrN3O2S/c1-3-25-15-9-12(8-13(20)18(15)24)17-16(14-6-4-5-7-21-14)22-19-23(17)10-11(2)26-19/h4-9,11,16-17,24H,3,10H2,1-2H3/t11-,16-,17-/m1/s1.